The lowest BCUT2D eigenvalue weighted by Crippen LogP contribution is -2.09. The molecule has 0 aliphatic rings. The Kier molecular flexibility index (Phi) is 3.96. The number of esters is 1. The number of rotatable bonds is 3. The second-order valence-electron chi connectivity index (χ2n) is 3.50. The maximum Gasteiger partial charge on any atom is 0.338 e. The molecule has 0 fully saturated rings. The molecule has 1 rings (SSSR count). The molecule has 1 aromatic carbocycles. The highest BCUT2D eigenvalue weighted by Gasteiger charge is 2.07. The van der Waals surface area contributed by atoms with Crippen molar-refractivity contribution in [1.82, 2.24) is 0 Å². The topological polar surface area (TPSA) is 26.3 Å². The van der Waals surface area contributed by atoms with E-state index >= 15 is 0 Å². The average molecular weight is 213 g/mol. The van der Waals surface area contributed by atoms with Gasteiger partial charge < -0.3 is 4.74 Å². The molecule has 14 heavy (non-hydrogen) atoms. The zero-order valence-corrected chi connectivity index (χ0v) is 9.04. The quantitative estimate of drug-likeness (QED) is 0.720. The zero-order valence-electron chi connectivity index (χ0n) is 8.29. The molecule has 0 unspecified atom stereocenters. The maximum atomic E-state index is 11.4. The van der Waals surface area contributed by atoms with E-state index in [1.165, 1.54) is 0 Å². The van der Waals surface area contributed by atoms with Crippen LogP contribution in [-0.4, -0.2) is 12.6 Å². The first-order chi connectivity index (χ1) is 6.59. The second kappa shape index (κ2) is 5.01. The molecular formula is C11H13ClO2. The third-order valence-electron chi connectivity index (χ3n) is 1.61. The standard InChI is InChI=1S/C11H13ClO2/c1-8(2)7-14-11(13)9-4-3-5-10(12)6-9/h3-6,8H,7H2,1-2H3. The van der Waals surface area contributed by atoms with Crippen LogP contribution >= 0.6 is 11.6 Å². The summed E-state index contributed by atoms with van der Waals surface area (Å²) in [6.45, 7) is 4.42. The molecule has 0 aliphatic heterocycles. The molecule has 3 heteroatoms. The number of hydrogen-bond acceptors (Lipinski definition) is 2. The minimum absolute atomic E-state index is 0.318. The first kappa shape index (κ1) is 11.1. The van der Waals surface area contributed by atoms with Crippen molar-refractivity contribution < 1.29 is 9.53 Å². The fourth-order valence-electron chi connectivity index (χ4n) is 0.941. The van der Waals surface area contributed by atoms with Gasteiger partial charge in [0.2, 0.25) is 0 Å². The van der Waals surface area contributed by atoms with E-state index in [2.05, 4.69) is 0 Å². The molecule has 0 saturated carbocycles. The van der Waals surface area contributed by atoms with Crippen molar-refractivity contribution in [2.75, 3.05) is 6.61 Å². The first-order valence-electron chi connectivity index (χ1n) is 4.52. The highest BCUT2D eigenvalue weighted by molar-refractivity contribution is 6.30. The molecule has 0 heterocycles. The number of benzene rings is 1. The van der Waals surface area contributed by atoms with Gasteiger partial charge in [-0.1, -0.05) is 31.5 Å². The van der Waals surface area contributed by atoms with Gasteiger partial charge in [-0.3, -0.25) is 0 Å². The third kappa shape index (κ3) is 3.38. The molecule has 0 amide bonds. The van der Waals surface area contributed by atoms with Crippen LogP contribution in [-0.2, 0) is 4.74 Å². The van der Waals surface area contributed by atoms with Gasteiger partial charge in [0.25, 0.3) is 0 Å². The van der Waals surface area contributed by atoms with Crippen LogP contribution < -0.4 is 0 Å². The number of halogens is 1. The van der Waals surface area contributed by atoms with Crippen LogP contribution in [0, 0.1) is 5.92 Å². The van der Waals surface area contributed by atoms with Gasteiger partial charge in [-0.25, -0.2) is 4.79 Å². The summed E-state index contributed by atoms with van der Waals surface area (Å²) in [6, 6.07) is 6.74. The van der Waals surface area contributed by atoms with E-state index in [0.717, 1.165) is 0 Å². The molecule has 0 radical (unpaired) electrons. The van der Waals surface area contributed by atoms with E-state index in [1.807, 2.05) is 13.8 Å². The van der Waals surface area contributed by atoms with Gasteiger partial charge in [-0.2, -0.15) is 0 Å². The van der Waals surface area contributed by atoms with Crippen LogP contribution in [0.4, 0.5) is 0 Å². The molecule has 0 spiro atoms. The second-order valence-corrected chi connectivity index (χ2v) is 3.94. The fraction of sp³-hybridized carbons (Fsp3) is 0.364. The van der Waals surface area contributed by atoms with Crippen LogP contribution in [0.5, 0.6) is 0 Å². The molecule has 0 aromatic heterocycles. The van der Waals surface area contributed by atoms with E-state index in [1.54, 1.807) is 24.3 Å². The number of hydrogen-bond donors (Lipinski definition) is 0. The summed E-state index contributed by atoms with van der Waals surface area (Å²) in [5.74, 6) is 0.0272. The van der Waals surface area contributed by atoms with Gasteiger partial charge in [-0.05, 0) is 24.1 Å². The van der Waals surface area contributed by atoms with E-state index in [4.69, 9.17) is 16.3 Å². The summed E-state index contributed by atoms with van der Waals surface area (Å²) in [5.41, 5.74) is 0.498. The van der Waals surface area contributed by atoms with Crippen molar-refractivity contribution in [3.8, 4) is 0 Å². The smallest absolute Gasteiger partial charge is 0.338 e. The Morgan fingerprint density at radius 2 is 2.21 bits per heavy atom. The lowest BCUT2D eigenvalue weighted by atomic mass is 10.2. The lowest BCUT2D eigenvalue weighted by Gasteiger charge is -2.06. The van der Waals surface area contributed by atoms with E-state index in [-0.39, 0.29) is 5.97 Å². The van der Waals surface area contributed by atoms with Crippen LogP contribution in [0.1, 0.15) is 24.2 Å². The van der Waals surface area contributed by atoms with Crippen molar-refractivity contribution in [2.45, 2.75) is 13.8 Å². The number of carbonyl (C=O) groups is 1. The zero-order chi connectivity index (χ0) is 10.6. The van der Waals surface area contributed by atoms with Crippen LogP contribution in [0.25, 0.3) is 0 Å². The molecule has 76 valence electrons. The Balaban J connectivity index is 2.61. The molecule has 0 saturated heterocycles. The fourth-order valence-corrected chi connectivity index (χ4v) is 1.13. The SMILES string of the molecule is CC(C)COC(=O)c1cccc(Cl)c1. The summed E-state index contributed by atoms with van der Waals surface area (Å²) >= 11 is 5.74. The largest absolute Gasteiger partial charge is 0.462 e. The molecule has 0 aliphatic carbocycles. The van der Waals surface area contributed by atoms with Gasteiger partial charge in [0.05, 0.1) is 12.2 Å². The average Bonchev–Trinajstić information content (AvgIpc) is 2.14. The third-order valence-corrected chi connectivity index (χ3v) is 1.84. The summed E-state index contributed by atoms with van der Waals surface area (Å²) in [6.07, 6.45) is 0. The number of carbonyl (C=O) groups excluding carboxylic acids is 1. The molecule has 0 N–H and O–H groups in total. The lowest BCUT2D eigenvalue weighted by molar-refractivity contribution is 0.0459. The van der Waals surface area contributed by atoms with E-state index in [9.17, 15) is 4.79 Å². The van der Waals surface area contributed by atoms with Gasteiger partial charge in [0, 0.05) is 5.02 Å². The van der Waals surface area contributed by atoms with Crippen molar-refractivity contribution >= 4 is 17.6 Å². The monoisotopic (exact) mass is 212 g/mol. The molecular weight excluding hydrogens is 200 g/mol. The summed E-state index contributed by atoms with van der Waals surface area (Å²) in [5, 5.41) is 0.545. The van der Waals surface area contributed by atoms with Crippen molar-refractivity contribution in [3.05, 3.63) is 34.9 Å². The van der Waals surface area contributed by atoms with Crippen LogP contribution in [0.15, 0.2) is 24.3 Å². The van der Waals surface area contributed by atoms with Gasteiger partial charge in [0.1, 0.15) is 0 Å². The summed E-state index contributed by atoms with van der Waals surface area (Å²) in [4.78, 5) is 11.4. The van der Waals surface area contributed by atoms with E-state index in [0.29, 0.717) is 23.1 Å². The highest BCUT2D eigenvalue weighted by atomic mass is 35.5. The maximum absolute atomic E-state index is 11.4. The van der Waals surface area contributed by atoms with E-state index < -0.39 is 0 Å². The predicted octanol–water partition coefficient (Wildman–Crippen LogP) is 3.15. The normalized spacial score (nSPS) is 10.3. The van der Waals surface area contributed by atoms with Gasteiger partial charge >= 0.3 is 5.97 Å². The summed E-state index contributed by atoms with van der Waals surface area (Å²) in [7, 11) is 0. The highest BCUT2D eigenvalue weighted by Crippen LogP contribution is 2.11. The Hall–Kier alpha value is -1.02. The van der Waals surface area contributed by atoms with Crippen molar-refractivity contribution in [2.24, 2.45) is 5.92 Å². The van der Waals surface area contributed by atoms with Gasteiger partial charge in [-0.15, -0.1) is 0 Å². The Bertz CT molecular complexity index is 321. The Labute approximate surface area is 88.8 Å². The molecule has 0 atom stereocenters. The van der Waals surface area contributed by atoms with Crippen molar-refractivity contribution in [3.63, 3.8) is 0 Å². The Morgan fingerprint density at radius 1 is 1.50 bits per heavy atom. The molecule has 1 aromatic rings. The van der Waals surface area contributed by atoms with Crippen molar-refractivity contribution in [1.29, 1.82) is 0 Å². The Morgan fingerprint density at radius 3 is 2.79 bits per heavy atom. The number of ether oxygens (including phenoxy) is 1. The molecule has 0 bridgehead atoms. The van der Waals surface area contributed by atoms with Gasteiger partial charge in [0.15, 0.2) is 0 Å². The van der Waals surface area contributed by atoms with Crippen LogP contribution in [0.3, 0.4) is 0 Å². The molecule has 2 nitrogen and oxygen atoms in total. The minimum atomic E-state index is -0.318. The predicted molar refractivity (Wildman–Crippen MR) is 56.6 cm³/mol. The summed E-state index contributed by atoms with van der Waals surface area (Å²) < 4.78 is 5.05. The minimum Gasteiger partial charge on any atom is -0.462 e. The first-order valence-corrected chi connectivity index (χ1v) is 4.90. The van der Waals surface area contributed by atoms with Crippen LogP contribution in [0.2, 0.25) is 5.02 Å².